The van der Waals surface area contributed by atoms with Crippen molar-refractivity contribution in [1.82, 2.24) is 0 Å². The first-order chi connectivity index (χ1) is 15.9. The molecular weight excluding hydrogens is 340 g/mol. The summed E-state index contributed by atoms with van der Waals surface area (Å²) in [6.45, 7) is -4.69. The zero-order valence-corrected chi connectivity index (χ0v) is 14.2. The molecule has 2 rings (SSSR count). The van der Waals surface area contributed by atoms with Crippen LogP contribution in [0.3, 0.4) is 0 Å². The van der Waals surface area contributed by atoms with Crippen LogP contribution in [0.15, 0.2) is 48.4 Å². The lowest BCUT2D eigenvalue weighted by molar-refractivity contribution is -0.163. The Morgan fingerprint density at radius 2 is 1.68 bits per heavy atom. The molecular formula is C20H21ClO4. The molecule has 0 atom stereocenters. The van der Waals surface area contributed by atoms with Gasteiger partial charge in [0.25, 0.3) is 0 Å². The number of rotatable bonds is 6. The molecule has 0 heterocycles. The van der Waals surface area contributed by atoms with E-state index in [9.17, 15) is 9.59 Å². The number of esters is 1. The van der Waals surface area contributed by atoms with Crippen LogP contribution in [0.25, 0.3) is 0 Å². The predicted octanol–water partition coefficient (Wildman–Crippen LogP) is 4.68. The molecule has 5 heteroatoms. The number of ketones is 1. The highest BCUT2D eigenvalue weighted by Crippen LogP contribution is 2.22. The fourth-order valence-electron chi connectivity index (χ4n) is 1.70. The van der Waals surface area contributed by atoms with Crippen LogP contribution in [-0.4, -0.2) is 23.5 Å². The van der Waals surface area contributed by atoms with E-state index in [2.05, 4.69) is 0 Å². The van der Waals surface area contributed by atoms with Crippen LogP contribution in [0.5, 0.6) is 5.75 Å². The molecule has 4 nitrogen and oxygen atoms in total. The zero-order valence-electron chi connectivity index (χ0n) is 23.4. The van der Waals surface area contributed by atoms with Gasteiger partial charge in [-0.1, -0.05) is 11.6 Å². The second-order valence-corrected chi connectivity index (χ2v) is 5.71. The number of halogens is 1. The number of ether oxygens (including phenoxy) is 2. The minimum Gasteiger partial charge on any atom is -0.476 e. The minimum atomic E-state index is -3.69. The fourth-order valence-corrected chi connectivity index (χ4v) is 1.83. The molecule has 0 bridgehead atoms. The molecule has 0 spiro atoms. The van der Waals surface area contributed by atoms with Crippen LogP contribution < -0.4 is 4.74 Å². The molecule has 2 aromatic rings. The van der Waals surface area contributed by atoms with Crippen molar-refractivity contribution < 1.29 is 32.8 Å². The lowest BCUT2D eigenvalue weighted by Crippen LogP contribution is -2.40. The topological polar surface area (TPSA) is 52.6 Å². The molecule has 0 unspecified atom stereocenters. The first-order valence-corrected chi connectivity index (χ1v) is 7.55. The summed E-state index contributed by atoms with van der Waals surface area (Å²) in [5, 5.41) is 0.309. The maximum absolute atomic E-state index is 12.9. The van der Waals surface area contributed by atoms with Crippen LogP contribution in [0.2, 0.25) is 5.02 Å². The third kappa shape index (κ3) is 5.07. The van der Waals surface area contributed by atoms with Gasteiger partial charge >= 0.3 is 5.97 Å². The Kier molecular flexibility index (Phi) is 2.89. The fraction of sp³-hybridized carbons (Fsp3) is 0.300. The summed E-state index contributed by atoms with van der Waals surface area (Å²) in [5.41, 5.74) is -4.37. The van der Waals surface area contributed by atoms with Crippen molar-refractivity contribution in [1.29, 1.82) is 0 Å². The highest BCUT2D eigenvalue weighted by molar-refractivity contribution is 6.30. The maximum Gasteiger partial charge on any atom is 0.350 e. The third-order valence-corrected chi connectivity index (χ3v) is 3.07. The second kappa shape index (κ2) is 7.70. The first kappa shape index (κ1) is 9.39. The Bertz CT molecular complexity index is 1100. The van der Waals surface area contributed by atoms with Crippen LogP contribution in [-0.2, 0) is 9.53 Å². The molecule has 132 valence electrons. The second-order valence-electron chi connectivity index (χ2n) is 5.28. The SMILES string of the molecule is [2H]c1c([2H])c(C(=O)c2ccc(Cl)cc2)c([2H])c([2H])c1OC(C(=O)OC(C)C)(C([2H])([2H])[2H])C([2H])([2H])[2H]. The molecule has 0 aliphatic carbocycles. The van der Waals surface area contributed by atoms with Gasteiger partial charge < -0.3 is 9.47 Å². The zero-order chi connectivity index (χ0) is 27.1. The number of carbonyl (C=O) groups is 2. The van der Waals surface area contributed by atoms with Crippen molar-refractivity contribution in [3.8, 4) is 5.75 Å². The molecule has 0 aliphatic rings. The van der Waals surface area contributed by atoms with Crippen molar-refractivity contribution in [2.24, 2.45) is 0 Å². The van der Waals surface area contributed by atoms with E-state index in [4.69, 9.17) is 34.8 Å². The van der Waals surface area contributed by atoms with Crippen LogP contribution in [0.4, 0.5) is 0 Å². The van der Waals surface area contributed by atoms with Gasteiger partial charge in [-0.15, -0.1) is 0 Å². The summed E-state index contributed by atoms with van der Waals surface area (Å²) in [5.74, 6) is -3.84. The van der Waals surface area contributed by atoms with Crippen LogP contribution in [0, 0.1) is 0 Å². The highest BCUT2D eigenvalue weighted by Gasteiger charge is 2.32. The minimum absolute atomic E-state index is 0.0105. The van der Waals surface area contributed by atoms with E-state index in [0.29, 0.717) is 5.02 Å². The Morgan fingerprint density at radius 1 is 1.08 bits per heavy atom. The smallest absolute Gasteiger partial charge is 0.350 e. The van der Waals surface area contributed by atoms with Gasteiger partial charge in [0, 0.05) is 24.4 Å². The number of benzene rings is 2. The lowest BCUT2D eigenvalue weighted by Gasteiger charge is -2.25. The molecule has 0 N–H and O–H groups in total. The van der Waals surface area contributed by atoms with E-state index < -0.39 is 72.6 Å². The van der Waals surface area contributed by atoms with Crippen LogP contribution >= 0.6 is 11.6 Å². The van der Waals surface area contributed by atoms with Gasteiger partial charge in [0.1, 0.15) is 5.75 Å². The van der Waals surface area contributed by atoms with Crippen molar-refractivity contribution in [3.05, 3.63) is 64.6 Å². The van der Waals surface area contributed by atoms with Gasteiger partial charge in [-0.2, -0.15) is 0 Å². The van der Waals surface area contributed by atoms with Gasteiger partial charge in [0.2, 0.25) is 0 Å². The van der Waals surface area contributed by atoms with E-state index in [1.165, 1.54) is 38.1 Å². The van der Waals surface area contributed by atoms with Gasteiger partial charge in [-0.3, -0.25) is 4.79 Å². The van der Waals surface area contributed by atoms with Gasteiger partial charge in [-0.25, -0.2) is 4.79 Å². The quantitative estimate of drug-likeness (QED) is 0.547. The average Bonchev–Trinajstić information content (AvgIpc) is 2.70. The number of hydrogen-bond acceptors (Lipinski definition) is 4. The first-order valence-electron chi connectivity index (χ1n) is 12.2. The third-order valence-electron chi connectivity index (χ3n) is 2.82. The normalized spacial score (nSPS) is 18.1. The molecule has 0 radical (unpaired) electrons. The molecule has 0 amide bonds. The summed E-state index contributed by atoms with van der Waals surface area (Å²) in [6, 6.07) is 1.39. The van der Waals surface area contributed by atoms with Crippen LogP contribution in [0.1, 0.15) is 57.2 Å². The molecule has 0 saturated carbocycles. The van der Waals surface area contributed by atoms with Crippen molar-refractivity contribution >= 4 is 23.4 Å². The molecule has 25 heavy (non-hydrogen) atoms. The number of carbonyl (C=O) groups excluding carboxylic acids is 2. The maximum atomic E-state index is 12.9. The molecule has 0 aromatic heterocycles. The Labute approximate surface area is 166 Å². The highest BCUT2D eigenvalue weighted by atomic mass is 35.5. The van der Waals surface area contributed by atoms with E-state index >= 15 is 0 Å². The Morgan fingerprint density at radius 3 is 2.20 bits per heavy atom. The Hall–Kier alpha value is -2.33. The molecule has 0 aliphatic heterocycles. The average molecular weight is 371 g/mol. The van der Waals surface area contributed by atoms with Crippen molar-refractivity contribution in [2.45, 2.75) is 39.3 Å². The van der Waals surface area contributed by atoms with Gasteiger partial charge in [-0.05, 0) is 76.0 Å². The standard InChI is InChI=1S/C20H21ClO4/c1-13(2)24-19(23)20(3,4)25-17-11-7-15(8-12-17)18(22)14-5-9-16(21)10-6-14/h5-13H,1-4H3/i3D3,4D3,7D,8D,11D,12D. The lowest BCUT2D eigenvalue weighted by atomic mass is 10.0. The van der Waals surface area contributed by atoms with Gasteiger partial charge in [0.15, 0.2) is 11.4 Å². The van der Waals surface area contributed by atoms with E-state index in [1.807, 2.05) is 0 Å². The summed E-state index contributed by atoms with van der Waals surface area (Å²) < 4.78 is 89.5. The summed E-state index contributed by atoms with van der Waals surface area (Å²) in [4.78, 5) is 25.7. The van der Waals surface area contributed by atoms with Gasteiger partial charge in [0.05, 0.1) is 11.6 Å². The van der Waals surface area contributed by atoms with Crippen molar-refractivity contribution in [2.75, 3.05) is 0 Å². The monoisotopic (exact) mass is 370 g/mol. The molecule has 0 saturated heterocycles. The van der Waals surface area contributed by atoms with E-state index in [-0.39, 0.29) is 5.56 Å². The summed E-state index contributed by atoms with van der Waals surface area (Å²) in [7, 11) is 0. The van der Waals surface area contributed by atoms with Crippen molar-refractivity contribution in [3.63, 3.8) is 0 Å². The predicted molar refractivity (Wildman–Crippen MR) is 97.3 cm³/mol. The molecule has 2 aromatic carbocycles. The Balaban J connectivity index is 2.78. The summed E-state index contributed by atoms with van der Waals surface area (Å²) >= 11 is 5.80. The van der Waals surface area contributed by atoms with E-state index in [0.717, 1.165) is 0 Å². The molecule has 0 fully saturated rings. The largest absolute Gasteiger partial charge is 0.476 e. The summed E-state index contributed by atoms with van der Waals surface area (Å²) in [6.07, 6.45) is -0.945. The number of hydrogen-bond donors (Lipinski definition) is 0. The van der Waals surface area contributed by atoms with E-state index in [1.54, 1.807) is 0 Å².